The van der Waals surface area contributed by atoms with Gasteiger partial charge in [-0.15, -0.1) is 0 Å². The maximum absolute atomic E-state index is 4.53. The van der Waals surface area contributed by atoms with E-state index in [0.717, 1.165) is 17.1 Å². The van der Waals surface area contributed by atoms with Crippen LogP contribution in [0.3, 0.4) is 0 Å². The molecule has 0 aliphatic heterocycles. The Kier molecular flexibility index (Phi) is 5.01. The van der Waals surface area contributed by atoms with Gasteiger partial charge in [0.15, 0.2) is 0 Å². The molecule has 0 amide bonds. The number of aryl methyl sites for hydroxylation is 2. The second-order valence-corrected chi connectivity index (χ2v) is 5.77. The molecule has 0 fully saturated rings. The van der Waals surface area contributed by atoms with E-state index >= 15 is 0 Å². The van der Waals surface area contributed by atoms with Crippen molar-refractivity contribution in [3.8, 4) is 0 Å². The van der Waals surface area contributed by atoms with Crippen LogP contribution in [0.25, 0.3) is 0 Å². The van der Waals surface area contributed by atoms with E-state index in [1.165, 1.54) is 11.1 Å². The van der Waals surface area contributed by atoms with Crippen molar-refractivity contribution in [1.29, 1.82) is 0 Å². The van der Waals surface area contributed by atoms with Gasteiger partial charge >= 0.3 is 0 Å². The van der Waals surface area contributed by atoms with Crippen LogP contribution in [-0.2, 0) is 13.1 Å². The predicted molar refractivity (Wildman–Crippen MR) is 96.8 cm³/mol. The van der Waals surface area contributed by atoms with Crippen molar-refractivity contribution >= 4 is 11.8 Å². The van der Waals surface area contributed by atoms with Crippen LogP contribution < -0.4 is 10.6 Å². The van der Waals surface area contributed by atoms with E-state index in [0.29, 0.717) is 19.0 Å². The molecule has 1 aromatic carbocycles. The Balaban J connectivity index is 1.63. The van der Waals surface area contributed by atoms with Gasteiger partial charge in [-0.1, -0.05) is 29.8 Å². The Hall–Kier alpha value is -2.95. The van der Waals surface area contributed by atoms with Crippen molar-refractivity contribution in [1.82, 2.24) is 15.0 Å². The van der Waals surface area contributed by atoms with Crippen LogP contribution in [0.2, 0.25) is 0 Å². The van der Waals surface area contributed by atoms with E-state index in [2.05, 4.69) is 56.8 Å². The number of hydrogen-bond acceptors (Lipinski definition) is 5. The molecule has 0 bridgehead atoms. The Morgan fingerprint density at radius 2 is 1.46 bits per heavy atom. The molecule has 0 saturated heterocycles. The van der Waals surface area contributed by atoms with Crippen molar-refractivity contribution in [2.75, 3.05) is 10.6 Å². The molecule has 0 aliphatic rings. The second kappa shape index (κ2) is 7.55. The smallest absolute Gasteiger partial charge is 0.225 e. The van der Waals surface area contributed by atoms with Gasteiger partial charge in [-0.25, -0.2) is 4.98 Å². The number of aromatic nitrogens is 3. The maximum atomic E-state index is 4.53. The molecular weight excluding hydrogens is 298 g/mol. The van der Waals surface area contributed by atoms with Crippen molar-refractivity contribution < 1.29 is 0 Å². The first-order valence-electron chi connectivity index (χ1n) is 7.97. The lowest BCUT2D eigenvalue weighted by molar-refractivity contribution is 1.01. The zero-order valence-electron chi connectivity index (χ0n) is 14.0. The van der Waals surface area contributed by atoms with Crippen LogP contribution in [0.4, 0.5) is 11.8 Å². The third kappa shape index (κ3) is 4.52. The molecule has 3 rings (SSSR count). The SMILES string of the molecule is Cc1ccc(CNc2nc(C)cc(NCc3ccncc3)n2)cc1. The van der Waals surface area contributed by atoms with Crippen LogP contribution in [0.15, 0.2) is 54.9 Å². The monoisotopic (exact) mass is 319 g/mol. The minimum absolute atomic E-state index is 0.632. The lowest BCUT2D eigenvalue weighted by atomic mass is 10.1. The highest BCUT2D eigenvalue weighted by molar-refractivity contribution is 5.43. The number of rotatable bonds is 6. The summed E-state index contributed by atoms with van der Waals surface area (Å²) < 4.78 is 0. The van der Waals surface area contributed by atoms with Crippen LogP contribution in [0.5, 0.6) is 0 Å². The summed E-state index contributed by atoms with van der Waals surface area (Å²) in [5.74, 6) is 1.44. The second-order valence-electron chi connectivity index (χ2n) is 5.77. The highest BCUT2D eigenvalue weighted by Gasteiger charge is 2.03. The summed E-state index contributed by atoms with van der Waals surface area (Å²) in [6, 6.07) is 14.3. The number of pyridine rings is 1. The van der Waals surface area contributed by atoms with Gasteiger partial charge in [-0.3, -0.25) is 4.98 Å². The summed E-state index contributed by atoms with van der Waals surface area (Å²) in [4.78, 5) is 13.0. The average molecular weight is 319 g/mol. The highest BCUT2D eigenvalue weighted by Crippen LogP contribution is 2.12. The molecule has 0 saturated carbocycles. The molecule has 2 N–H and O–H groups in total. The lowest BCUT2D eigenvalue weighted by Gasteiger charge is -2.10. The fourth-order valence-electron chi connectivity index (χ4n) is 2.32. The molecule has 0 radical (unpaired) electrons. The first kappa shape index (κ1) is 15.9. The predicted octanol–water partition coefficient (Wildman–Crippen LogP) is 3.71. The molecule has 0 aliphatic carbocycles. The van der Waals surface area contributed by atoms with E-state index in [9.17, 15) is 0 Å². The molecule has 5 nitrogen and oxygen atoms in total. The molecule has 0 unspecified atom stereocenters. The number of nitrogens with one attached hydrogen (secondary N) is 2. The van der Waals surface area contributed by atoms with Crippen LogP contribution in [0.1, 0.15) is 22.4 Å². The van der Waals surface area contributed by atoms with E-state index in [-0.39, 0.29) is 0 Å². The van der Waals surface area contributed by atoms with E-state index in [1.54, 1.807) is 12.4 Å². The van der Waals surface area contributed by atoms with Gasteiger partial charge in [0, 0.05) is 37.2 Å². The summed E-state index contributed by atoms with van der Waals surface area (Å²) in [6.07, 6.45) is 3.58. The maximum Gasteiger partial charge on any atom is 0.225 e. The summed E-state index contributed by atoms with van der Waals surface area (Å²) in [7, 11) is 0. The van der Waals surface area contributed by atoms with Gasteiger partial charge in [0.05, 0.1) is 0 Å². The topological polar surface area (TPSA) is 62.7 Å². The number of benzene rings is 1. The minimum Gasteiger partial charge on any atom is -0.366 e. The van der Waals surface area contributed by atoms with Crippen molar-refractivity contribution in [2.24, 2.45) is 0 Å². The Bertz CT molecular complexity index is 785. The first-order chi connectivity index (χ1) is 11.7. The molecule has 122 valence electrons. The fourth-order valence-corrected chi connectivity index (χ4v) is 2.32. The zero-order valence-corrected chi connectivity index (χ0v) is 14.0. The quantitative estimate of drug-likeness (QED) is 0.725. The number of anilines is 2. The first-order valence-corrected chi connectivity index (χ1v) is 7.97. The van der Waals surface area contributed by atoms with Gasteiger partial charge in [-0.2, -0.15) is 4.98 Å². The fraction of sp³-hybridized carbons (Fsp3) is 0.211. The zero-order chi connectivity index (χ0) is 16.8. The van der Waals surface area contributed by atoms with E-state index in [4.69, 9.17) is 0 Å². The Morgan fingerprint density at radius 3 is 2.21 bits per heavy atom. The molecule has 0 spiro atoms. The van der Waals surface area contributed by atoms with Crippen LogP contribution in [-0.4, -0.2) is 15.0 Å². The van der Waals surface area contributed by atoms with Gasteiger partial charge in [0.1, 0.15) is 5.82 Å². The molecule has 2 heterocycles. The summed E-state index contributed by atoms with van der Waals surface area (Å²) in [6.45, 7) is 5.46. The third-order valence-electron chi connectivity index (χ3n) is 3.65. The van der Waals surface area contributed by atoms with Crippen molar-refractivity contribution in [2.45, 2.75) is 26.9 Å². The normalized spacial score (nSPS) is 10.4. The van der Waals surface area contributed by atoms with Gasteiger partial charge in [-0.05, 0) is 37.1 Å². The van der Waals surface area contributed by atoms with Crippen molar-refractivity contribution in [3.63, 3.8) is 0 Å². The molecule has 2 aromatic heterocycles. The summed E-state index contributed by atoms with van der Waals surface area (Å²) >= 11 is 0. The van der Waals surface area contributed by atoms with Gasteiger partial charge < -0.3 is 10.6 Å². The molecule has 24 heavy (non-hydrogen) atoms. The number of nitrogens with zero attached hydrogens (tertiary/aromatic N) is 3. The lowest BCUT2D eigenvalue weighted by Crippen LogP contribution is -2.08. The Morgan fingerprint density at radius 1 is 0.792 bits per heavy atom. The molecular formula is C19H21N5. The van der Waals surface area contributed by atoms with Gasteiger partial charge in [0.2, 0.25) is 5.95 Å². The van der Waals surface area contributed by atoms with E-state index < -0.39 is 0 Å². The largest absolute Gasteiger partial charge is 0.366 e. The Labute approximate surface area is 142 Å². The van der Waals surface area contributed by atoms with Crippen LogP contribution in [0, 0.1) is 13.8 Å². The number of hydrogen-bond donors (Lipinski definition) is 2. The third-order valence-corrected chi connectivity index (χ3v) is 3.65. The molecule has 0 atom stereocenters. The standard InChI is InChI=1S/C19H21N5/c1-14-3-5-16(6-4-14)13-22-19-23-15(2)11-18(24-19)21-12-17-7-9-20-10-8-17/h3-11H,12-13H2,1-2H3,(H2,21,22,23,24). The van der Waals surface area contributed by atoms with Gasteiger partial charge in [0.25, 0.3) is 0 Å². The summed E-state index contributed by atoms with van der Waals surface area (Å²) in [5.41, 5.74) is 4.55. The highest BCUT2D eigenvalue weighted by atomic mass is 15.1. The molecule has 3 aromatic rings. The molecule has 5 heteroatoms. The summed E-state index contributed by atoms with van der Waals surface area (Å²) in [5, 5.41) is 6.62. The van der Waals surface area contributed by atoms with Crippen LogP contribution >= 0.6 is 0 Å². The van der Waals surface area contributed by atoms with E-state index in [1.807, 2.05) is 25.1 Å². The van der Waals surface area contributed by atoms with Crippen molar-refractivity contribution in [3.05, 3.63) is 77.2 Å². The minimum atomic E-state index is 0.632. The average Bonchev–Trinajstić information content (AvgIpc) is 2.60.